The molecule has 0 aliphatic heterocycles. The van der Waals surface area contributed by atoms with Crippen LogP contribution in [0.2, 0.25) is 0 Å². The van der Waals surface area contributed by atoms with E-state index < -0.39 is 0 Å². The molecule has 0 atom stereocenters. The van der Waals surface area contributed by atoms with E-state index in [1.165, 1.54) is 0 Å². The van der Waals surface area contributed by atoms with Crippen LogP contribution in [-0.4, -0.2) is 28.3 Å². The number of hydrogen-bond donors (Lipinski definition) is 2. The third-order valence-electron chi connectivity index (χ3n) is 2.85. The van der Waals surface area contributed by atoms with Gasteiger partial charge in [0.25, 0.3) is 0 Å². The molecule has 2 rings (SSSR count). The van der Waals surface area contributed by atoms with Gasteiger partial charge in [-0.2, -0.15) is 0 Å². The molecule has 2 aromatic rings. The average molecular weight is 284 g/mol. The number of amides is 2. The molecule has 0 bridgehead atoms. The summed E-state index contributed by atoms with van der Waals surface area (Å²) in [4.78, 5) is 31.3. The van der Waals surface area contributed by atoms with Crippen molar-refractivity contribution in [2.45, 2.75) is 13.3 Å². The molecule has 0 aliphatic carbocycles. The summed E-state index contributed by atoms with van der Waals surface area (Å²) in [6, 6.07) is 5.38. The molecule has 0 radical (unpaired) electrons. The fourth-order valence-electron chi connectivity index (χ4n) is 1.72. The van der Waals surface area contributed by atoms with Crippen molar-refractivity contribution in [3.8, 4) is 0 Å². The highest BCUT2D eigenvalue weighted by molar-refractivity contribution is 5.95. The van der Waals surface area contributed by atoms with Crippen molar-refractivity contribution in [3.05, 3.63) is 54.1 Å². The smallest absolute Gasteiger partial charge is 0.243 e. The van der Waals surface area contributed by atoms with Crippen LogP contribution in [0.1, 0.15) is 11.1 Å². The highest BCUT2D eigenvalue weighted by Gasteiger charge is 2.08. The quantitative estimate of drug-likeness (QED) is 0.860. The summed E-state index contributed by atoms with van der Waals surface area (Å²) in [6.07, 6.45) is 6.70. The molecule has 2 heterocycles. The topological polar surface area (TPSA) is 84.0 Å². The number of aryl methyl sites for hydroxylation is 1. The van der Waals surface area contributed by atoms with Crippen molar-refractivity contribution in [1.82, 2.24) is 15.3 Å². The van der Waals surface area contributed by atoms with Gasteiger partial charge in [0, 0.05) is 18.6 Å². The van der Waals surface area contributed by atoms with Crippen LogP contribution in [0, 0.1) is 6.92 Å². The monoisotopic (exact) mass is 284 g/mol. The molecule has 0 aliphatic rings. The highest BCUT2D eigenvalue weighted by Crippen LogP contribution is 2.10. The van der Waals surface area contributed by atoms with E-state index in [1.807, 2.05) is 13.0 Å². The van der Waals surface area contributed by atoms with E-state index in [9.17, 15) is 9.59 Å². The maximum Gasteiger partial charge on any atom is 0.243 e. The lowest BCUT2D eigenvalue weighted by Gasteiger charge is -2.08. The van der Waals surface area contributed by atoms with Crippen LogP contribution in [0.15, 0.2) is 43.0 Å². The zero-order chi connectivity index (χ0) is 15.1. The van der Waals surface area contributed by atoms with Gasteiger partial charge in [-0.05, 0) is 30.2 Å². The lowest BCUT2D eigenvalue weighted by Crippen LogP contribution is -2.33. The van der Waals surface area contributed by atoms with Gasteiger partial charge in [0.1, 0.15) is 0 Å². The Hall–Kier alpha value is -2.76. The molecule has 0 fully saturated rings. The van der Waals surface area contributed by atoms with Gasteiger partial charge >= 0.3 is 0 Å². The van der Waals surface area contributed by atoms with Gasteiger partial charge in [0.05, 0.1) is 24.8 Å². The molecule has 0 spiro atoms. The van der Waals surface area contributed by atoms with Gasteiger partial charge in [0.15, 0.2) is 0 Å². The molecular formula is C15H16N4O2. The Labute approximate surface area is 122 Å². The second-order valence-corrected chi connectivity index (χ2v) is 4.55. The van der Waals surface area contributed by atoms with E-state index in [2.05, 4.69) is 20.6 Å². The number of rotatable bonds is 5. The van der Waals surface area contributed by atoms with Crippen LogP contribution in [0.25, 0.3) is 0 Å². The maximum atomic E-state index is 11.8. The molecule has 0 unspecified atom stereocenters. The Morgan fingerprint density at radius 2 is 1.90 bits per heavy atom. The fraction of sp³-hybridized carbons (Fsp3) is 0.200. The highest BCUT2D eigenvalue weighted by atomic mass is 16.2. The van der Waals surface area contributed by atoms with Crippen LogP contribution in [-0.2, 0) is 16.0 Å². The van der Waals surface area contributed by atoms with Crippen LogP contribution in [0.5, 0.6) is 0 Å². The van der Waals surface area contributed by atoms with Crippen molar-refractivity contribution < 1.29 is 9.59 Å². The van der Waals surface area contributed by atoms with Gasteiger partial charge in [0.2, 0.25) is 11.8 Å². The van der Waals surface area contributed by atoms with Crippen molar-refractivity contribution in [2.75, 3.05) is 11.9 Å². The summed E-state index contributed by atoms with van der Waals surface area (Å²) in [5, 5.41) is 5.27. The van der Waals surface area contributed by atoms with E-state index in [0.29, 0.717) is 5.69 Å². The standard InChI is InChI=1S/C15H16N4O2/c1-11-4-6-17-9-13(11)19-15(21)10-18-14(20)7-12-3-2-5-16-8-12/h2-6,8-9H,7,10H2,1H3,(H,18,20)(H,19,21). The predicted molar refractivity (Wildman–Crippen MR) is 78.6 cm³/mol. The minimum atomic E-state index is -0.286. The van der Waals surface area contributed by atoms with Crippen molar-refractivity contribution in [1.29, 1.82) is 0 Å². The second-order valence-electron chi connectivity index (χ2n) is 4.55. The van der Waals surface area contributed by atoms with Crippen LogP contribution in [0.3, 0.4) is 0 Å². The zero-order valence-electron chi connectivity index (χ0n) is 11.7. The molecule has 2 amide bonds. The normalized spacial score (nSPS) is 9.95. The Balaban J connectivity index is 1.79. The SMILES string of the molecule is Cc1ccncc1NC(=O)CNC(=O)Cc1cccnc1. The Morgan fingerprint density at radius 1 is 1.10 bits per heavy atom. The first-order chi connectivity index (χ1) is 10.1. The minimum Gasteiger partial charge on any atom is -0.347 e. The first-order valence-electron chi connectivity index (χ1n) is 6.51. The number of pyridine rings is 2. The summed E-state index contributed by atoms with van der Waals surface area (Å²) in [5.41, 5.74) is 2.36. The summed E-state index contributed by atoms with van der Waals surface area (Å²) >= 11 is 0. The van der Waals surface area contributed by atoms with E-state index >= 15 is 0 Å². The van der Waals surface area contributed by atoms with Crippen molar-refractivity contribution in [3.63, 3.8) is 0 Å². The molecule has 21 heavy (non-hydrogen) atoms. The van der Waals surface area contributed by atoms with Gasteiger partial charge in [-0.3, -0.25) is 19.6 Å². The summed E-state index contributed by atoms with van der Waals surface area (Å²) in [5.74, 6) is -0.508. The number of hydrogen-bond acceptors (Lipinski definition) is 4. The van der Waals surface area contributed by atoms with Crippen molar-refractivity contribution in [2.24, 2.45) is 0 Å². The van der Waals surface area contributed by atoms with Crippen LogP contribution in [0.4, 0.5) is 5.69 Å². The summed E-state index contributed by atoms with van der Waals surface area (Å²) < 4.78 is 0. The van der Waals surface area contributed by atoms with Gasteiger partial charge in [-0.1, -0.05) is 6.07 Å². The Bertz CT molecular complexity index is 629. The van der Waals surface area contributed by atoms with E-state index in [-0.39, 0.29) is 24.8 Å². The molecule has 0 saturated carbocycles. The second kappa shape index (κ2) is 7.14. The van der Waals surface area contributed by atoms with Gasteiger partial charge in [-0.25, -0.2) is 0 Å². The number of anilines is 1. The Kier molecular flexibility index (Phi) is 4.98. The number of nitrogens with zero attached hydrogens (tertiary/aromatic N) is 2. The van der Waals surface area contributed by atoms with Crippen LogP contribution < -0.4 is 10.6 Å². The first-order valence-corrected chi connectivity index (χ1v) is 6.51. The molecule has 108 valence electrons. The largest absolute Gasteiger partial charge is 0.347 e. The number of aromatic nitrogens is 2. The third kappa shape index (κ3) is 4.68. The van der Waals surface area contributed by atoms with Crippen LogP contribution >= 0.6 is 0 Å². The minimum absolute atomic E-state index is 0.0760. The number of nitrogens with one attached hydrogen (secondary N) is 2. The molecule has 2 N–H and O–H groups in total. The summed E-state index contributed by atoms with van der Waals surface area (Å²) in [6.45, 7) is 1.80. The molecule has 0 saturated heterocycles. The van der Waals surface area contributed by atoms with Gasteiger partial charge in [-0.15, -0.1) is 0 Å². The molecular weight excluding hydrogens is 268 g/mol. The zero-order valence-corrected chi connectivity index (χ0v) is 11.7. The maximum absolute atomic E-state index is 11.8. The summed E-state index contributed by atoms with van der Waals surface area (Å²) in [7, 11) is 0. The molecule has 6 nitrogen and oxygen atoms in total. The molecule has 2 aromatic heterocycles. The first kappa shape index (κ1) is 14.6. The number of carbonyl (C=O) groups is 2. The third-order valence-corrected chi connectivity index (χ3v) is 2.85. The van der Waals surface area contributed by atoms with Gasteiger partial charge < -0.3 is 10.6 Å². The van der Waals surface area contributed by atoms with Crippen molar-refractivity contribution >= 4 is 17.5 Å². The Morgan fingerprint density at radius 3 is 2.62 bits per heavy atom. The lowest BCUT2D eigenvalue weighted by atomic mass is 10.2. The van der Waals surface area contributed by atoms with E-state index in [1.54, 1.807) is 36.9 Å². The average Bonchev–Trinajstić information content (AvgIpc) is 2.49. The predicted octanol–water partition coefficient (Wildman–Crippen LogP) is 1.08. The number of carbonyl (C=O) groups excluding carboxylic acids is 2. The van der Waals surface area contributed by atoms with E-state index in [0.717, 1.165) is 11.1 Å². The lowest BCUT2D eigenvalue weighted by molar-refractivity contribution is -0.123. The molecule has 6 heteroatoms. The molecule has 0 aromatic carbocycles. The fourth-order valence-corrected chi connectivity index (χ4v) is 1.72. The van der Waals surface area contributed by atoms with E-state index in [4.69, 9.17) is 0 Å².